The summed E-state index contributed by atoms with van der Waals surface area (Å²) < 4.78 is 25.9. The summed E-state index contributed by atoms with van der Waals surface area (Å²) in [6.07, 6.45) is 2.13. The average Bonchev–Trinajstić information content (AvgIpc) is 2.33. The molecule has 5 heteroatoms. The fraction of sp³-hybridized carbons (Fsp3) is 0.167. The van der Waals surface area contributed by atoms with Crippen molar-refractivity contribution in [3.63, 3.8) is 0 Å². The molecule has 1 aromatic heterocycles. The second-order valence-corrected chi connectivity index (χ2v) is 3.53. The van der Waals surface area contributed by atoms with Crippen LogP contribution < -0.4 is 5.73 Å². The summed E-state index contributed by atoms with van der Waals surface area (Å²) in [4.78, 5) is 8.26. The molecule has 2 N–H and O–H groups in total. The smallest absolute Gasteiger partial charge is 0.159 e. The van der Waals surface area contributed by atoms with Crippen molar-refractivity contribution in [1.82, 2.24) is 9.97 Å². The van der Waals surface area contributed by atoms with Gasteiger partial charge in [0.2, 0.25) is 0 Å². The highest BCUT2D eigenvalue weighted by Gasteiger charge is 2.06. The summed E-state index contributed by atoms with van der Waals surface area (Å²) in [6, 6.07) is 5.32. The Bertz CT molecular complexity index is 529. The van der Waals surface area contributed by atoms with Gasteiger partial charge in [0.05, 0.1) is 5.69 Å². The highest BCUT2D eigenvalue weighted by Crippen LogP contribution is 2.19. The summed E-state index contributed by atoms with van der Waals surface area (Å²) in [5.41, 5.74) is 6.48. The van der Waals surface area contributed by atoms with Crippen molar-refractivity contribution < 1.29 is 8.78 Å². The first kappa shape index (κ1) is 11.6. The second kappa shape index (κ2) is 4.97. The lowest BCUT2D eigenvalue weighted by Crippen LogP contribution is -2.06. The third kappa shape index (κ3) is 2.62. The fourth-order valence-electron chi connectivity index (χ4n) is 1.46. The maximum Gasteiger partial charge on any atom is 0.159 e. The van der Waals surface area contributed by atoms with Crippen molar-refractivity contribution in [3.8, 4) is 11.3 Å². The van der Waals surface area contributed by atoms with Gasteiger partial charge in [0, 0.05) is 18.2 Å². The number of halogens is 2. The molecule has 0 bridgehead atoms. The van der Waals surface area contributed by atoms with E-state index in [0.29, 0.717) is 30.0 Å². The quantitative estimate of drug-likeness (QED) is 0.884. The fourth-order valence-corrected chi connectivity index (χ4v) is 1.46. The molecule has 0 radical (unpaired) electrons. The van der Waals surface area contributed by atoms with E-state index >= 15 is 0 Å². The normalized spacial score (nSPS) is 10.5. The minimum Gasteiger partial charge on any atom is -0.330 e. The zero-order valence-corrected chi connectivity index (χ0v) is 9.03. The van der Waals surface area contributed by atoms with E-state index in [4.69, 9.17) is 5.73 Å². The Morgan fingerprint density at radius 2 is 1.94 bits per heavy atom. The first-order chi connectivity index (χ1) is 8.20. The van der Waals surface area contributed by atoms with E-state index in [2.05, 4.69) is 9.97 Å². The number of nitrogens with two attached hydrogens (primary N) is 1. The van der Waals surface area contributed by atoms with Crippen LogP contribution in [0.3, 0.4) is 0 Å². The van der Waals surface area contributed by atoms with Crippen molar-refractivity contribution in [2.45, 2.75) is 6.42 Å². The minimum absolute atomic E-state index is 0.446. The molecule has 2 rings (SSSR count). The molecule has 0 aliphatic heterocycles. The van der Waals surface area contributed by atoms with Crippen LogP contribution >= 0.6 is 0 Å². The number of hydrogen-bond acceptors (Lipinski definition) is 3. The van der Waals surface area contributed by atoms with E-state index in [0.717, 1.165) is 12.1 Å². The highest BCUT2D eigenvalue weighted by molar-refractivity contribution is 5.58. The van der Waals surface area contributed by atoms with Gasteiger partial charge in [-0.25, -0.2) is 18.7 Å². The van der Waals surface area contributed by atoms with Gasteiger partial charge in [-0.2, -0.15) is 0 Å². The van der Waals surface area contributed by atoms with Crippen molar-refractivity contribution in [1.29, 1.82) is 0 Å². The molecule has 0 saturated carbocycles. The standard InChI is InChI=1S/C12H11F2N3/c13-9-2-1-8(7-10(9)14)11-4-6-16-12(17-11)3-5-15/h1-2,4,6-7H,3,5,15H2. The van der Waals surface area contributed by atoms with E-state index in [1.807, 2.05) is 0 Å². The molecule has 0 saturated heterocycles. The van der Waals surface area contributed by atoms with Gasteiger partial charge in [-0.1, -0.05) is 0 Å². The zero-order chi connectivity index (χ0) is 12.3. The van der Waals surface area contributed by atoms with Gasteiger partial charge in [0.1, 0.15) is 5.82 Å². The lowest BCUT2D eigenvalue weighted by atomic mass is 10.1. The second-order valence-electron chi connectivity index (χ2n) is 3.53. The monoisotopic (exact) mass is 235 g/mol. The largest absolute Gasteiger partial charge is 0.330 e. The molecule has 88 valence electrons. The van der Waals surface area contributed by atoms with Gasteiger partial charge >= 0.3 is 0 Å². The molecule has 1 aromatic carbocycles. The van der Waals surface area contributed by atoms with Crippen LogP contribution in [0.1, 0.15) is 5.82 Å². The van der Waals surface area contributed by atoms with Crippen LogP contribution in [0.4, 0.5) is 8.78 Å². The summed E-state index contributed by atoms with van der Waals surface area (Å²) in [7, 11) is 0. The maximum absolute atomic E-state index is 13.1. The summed E-state index contributed by atoms with van der Waals surface area (Å²) in [5.74, 6) is -1.17. The van der Waals surface area contributed by atoms with Crippen LogP contribution in [0.2, 0.25) is 0 Å². The summed E-state index contributed by atoms with van der Waals surface area (Å²) >= 11 is 0. The molecule has 2 aromatic rings. The van der Waals surface area contributed by atoms with Gasteiger partial charge < -0.3 is 5.73 Å². The molecule has 0 spiro atoms. The predicted molar refractivity (Wildman–Crippen MR) is 60.1 cm³/mol. The number of rotatable bonds is 3. The van der Waals surface area contributed by atoms with E-state index < -0.39 is 11.6 Å². The number of aromatic nitrogens is 2. The van der Waals surface area contributed by atoms with Crippen LogP contribution in [0, 0.1) is 11.6 Å². The molecule has 0 fully saturated rings. The molecule has 0 amide bonds. The van der Waals surface area contributed by atoms with E-state index in [1.165, 1.54) is 6.07 Å². The maximum atomic E-state index is 13.1. The van der Waals surface area contributed by atoms with Gasteiger partial charge in [-0.15, -0.1) is 0 Å². The Kier molecular flexibility index (Phi) is 3.39. The highest BCUT2D eigenvalue weighted by atomic mass is 19.2. The summed E-state index contributed by atoms with van der Waals surface area (Å²) in [5, 5.41) is 0. The molecular formula is C12H11F2N3. The zero-order valence-electron chi connectivity index (χ0n) is 9.03. The third-order valence-electron chi connectivity index (χ3n) is 2.29. The van der Waals surface area contributed by atoms with Crippen molar-refractivity contribution in [2.75, 3.05) is 6.54 Å². The Labute approximate surface area is 97.3 Å². The molecule has 0 aliphatic rings. The average molecular weight is 235 g/mol. The van der Waals surface area contributed by atoms with Crippen LogP contribution in [-0.4, -0.2) is 16.5 Å². The number of nitrogens with zero attached hydrogens (tertiary/aromatic N) is 2. The predicted octanol–water partition coefficient (Wildman–Crippen LogP) is 1.92. The number of benzene rings is 1. The van der Waals surface area contributed by atoms with Crippen molar-refractivity contribution >= 4 is 0 Å². The van der Waals surface area contributed by atoms with Gasteiger partial charge in [-0.05, 0) is 30.8 Å². The van der Waals surface area contributed by atoms with E-state index in [9.17, 15) is 8.78 Å². The first-order valence-corrected chi connectivity index (χ1v) is 5.18. The Morgan fingerprint density at radius 3 is 2.65 bits per heavy atom. The minimum atomic E-state index is -0.888. The molecule has 3 nitrogen and oxygen atoms in total. The van der Waals surface area contributed by atoms with E-state index in [1.54, 1.807) is 12.3 Å². The van der Waals surface area contributed by atoms with Crippen molar-refractivity contribution in [3.05, 3.63) is 47.9 Å². The molecule has 0 unspecified atom stereocenters. The molecule has 0 atom stereocenters. The van der Waals surface area contributed by atoms with Crippen LogP contribution in [0.15, 0.2) is 30.5 Å². The number of hydrogen-bond donors (Lipinski definition) is 1. The Balaban J connectivity index is 2.38. The molecular weight excluding hydrogens is 224 g/mol. The Hall–Kier alpha value is -1.88. The third-order valence-corrected chi connectivity index (χ3v) is 2.29. The lowest BCUT2D eigenvalue weighted by Gasteiger charge is -2.03. The van der Waals surface area contributed by atoms with Crippen LogP contribution in [0.25, 0.3) is 11.3 Å². The van der Waals surface area contributed by atoms with Crippen LogP contribution in [0.5, 0.6) is 0 Å². The lowest BCUT2D eigenvalue weighted by molar-refractivity contribution is 0.509. The van der Waals surface area contributed by atoms with Gasteiger partial charge in [-0.3, -0.25) is 0 Å². The SMILES string of the molecule is NCCc1nccc(-c2ccc(F)c(F)c2)n1. The Morgan fingerprint density at radius 1 is 1.12 bits per heavy atom. The summed E-state index contributed by atoms with van der Waals surface area (Å²) in [6.45, 7) is 0.446. The molecule has 1 heterocycles. The van der Waals surface area contributed by atoms with E-state index in [-0.39, 0.29) is 0 Å². The topological polar surface area (TPSA) is 51.8 Å². The van der Waals surface area contributed by atoms with Crippen molar-refractivity contribution in [2.24, 2.45) is 5.73 Å². The van der Waals surface area contributed by atoms with Gasteiger partial charge in [0.25, 0.3) is 0 Å². The van der Waals surface area contributed by atoms with Gasteiger partial charge in [0.15, 0.2) is 11.6 Å². The molecule has 17 heavy (non-hydrogen) atoms. The molecule has 0 aliphatic carbocycles. The van der Waals surface area contributed by atoms with Crippen LogP contribution in [-0.2, 0) is 6.42 Å². The first-order valence-electron chi connectivity index (χ1n) is 5.18.